The van der Waals surface area contributed by atoms with Crippen LogP contribution in [0, 0.1) is 5.82 Å². The fraction of sp³-hybridized carbons (Fsp3) is 0. The minimum Gasteiger partial charge on any atom is -0.476 e. The number of nitrogens with zero attached hydrogens (tertiary/aromatic N) is 1. The highest BCUT2D eigenvalue weighted by molar-refractivity contribution is 7.92. The number of aromatic carboxylic acids is 1. The molecular formula is C12H8ClFN2O4S. The van der Waals surface area contributed by atoms with Crippen molar-refractivity contribution in [2.45, 2.75) is 4.90 Å². The van der Waals surface area contributed by atoms with Gasteiger partial charge in [0.05, 0.1) is 10.7 Å². The van der Waals surface area contributed by atoms with Gasteiger partial charge >= 0.3 is 5.97 Å². The molecule has 0 aliphatic heterocycles. The van der Waals surface area contributed by atoms with E-state index >= 15 is 0 Å². The molecule has 1 heterocycles. The van der Waals surface area contributed by atoms with Crippen molar-refractivity contribution in [3.8, 4) is 0 Å². The molecule has 9 heteroatoms. The van der Waals surface area contributed by atoms with E-state index in [4.69, 9.17) is 16.7 Å². The van der Waals surface area contributed by atoms with Crippen LogP contribution in [0.25, 0.3) is 0 Å². The van der Waals surface area contributed by atoms with Crippen molar-refractivity contribution in [3.63, 3.8) is 0 Å². The molecule has 2 N–H and O–H groups in total. The van der Waals surface area contributed by atoms with Gasteiger partial charge in [-0.2, -0.15) is 0 Å². The van der Waals surface area contributed by atoms with Gasteiger partial charge in [-0.15, -0.1) is 0 Å². The number of carboxylic acids is 1. The summed E-state index contributed by atoms with van der Waals surface area (Å²) in [5, 5.41) is 8.58. The Kier molecular flexibility index (Phi) is 4.10. The summed E-state index contributed by atoms with van der Waals surface area (Å²) in [5.41, 5.74) is -0.770. The first-order chi connectivity index (χ1) is 9.83. The van der Waals surface area contributed by atoms with Gasteiger partial charge in [-0.25, -0.2) is 22.6 Å². The Bertz CT molecular complexity index is 811. The van der Waals surface area contributed by atoms with Gasteiger partial charge in [-0.3, -0.25) is 4.72 Å². The normalized spacial score (nSPS) is 11.1. The number of sulfonamides is 1. The minimum atomic E-state index is -4.34. The molecule has 0 aliphatic rings. The standard InChI is InChI=1S/C12H8ClFN2O4S/c13-7-3-1-5-9(10(7)14)21(19,20)16-8-4-2-6-15-11(8)12(17)18/h1-6,16H,(H,17,18). The van der Waals surface area contributed by atoms with Gasteiger partial charge in [-0.05, 0) is 24.3 Å². The molecule has 0 aliphatic carbocycles. The van der Waals surface area contributed by atoms with Crippen LogP contribution >= 0.6 is 11.6 Å². The quantitative estimate of drug-likeness (QED) is 0.897. The third-order valence-corrected chi connectivity index (χ3v) is 4.14. The first-order valence-electron chi connectivity index (χ1n) is 5.48. The molecule has 0 atom stereocenters. The van der Waals surface area contributed by atoms with E-state index in [1.165, 1.54) is 30.5 Å². The Morgan fingerprint density at radius 2 is 2.00 bits per heavy atom. The number of nitrogens with one attached hydrogen (secondary N) is 1. The molecule has 110 valence electrons. The fourth-order valence-electron chi connectivity index (χ4n) is 1.55. The molecule has 0 bridgehead atoms. The molecule has 0 spiro atoms. The van der Waals surface area contributed by atoms with E-state index in [0.717, 1.165) is 6.07 Å². The van der Waals surface area contributed by atoms with E-state index in [0.29, 0.717) is 0 Å². The number of hydrogen-bond donors (Lipinski definition) is 2. The molecule has 0 fully saturated rings. The van der Waals surface area contributed by atoms with Crippen molar-refractivity contribution in [1.29, 1.82) is 0 Å². The van der Waals surface area contributed by atoms with E-state index in [1.54, 1.807) is 0 Å². The highest BCUT2D eigenvalue weighted by Gasteiger charge is 2.23. The third-order valence-electron chi connectivity index (χ3n) is 2.46. The maximum atomic E-state index is 13.8. The van der Waals surface area contributed by atoms with Crippen LogP contribution in [-0.2, 0) is 10.0 Å². The first kappa shape index (κ1) is 15.2. The average molecular weight is 331 g/mol. The van der Waals surface area contributed by atoms with Crippen LogP contribution in [0.5, 0.6) is 0 Å². The summed E-state index contributed by atoms with van der Waals surface area (Å²) in [4.78, 5) is 13.8. The Morgan fingerprint density at radius 1 is 1.29 bits per heavy atom. The van der Waals surface area contributed by atoms with Gasteiger partial charge in [0.2, 0.25) is 0 Å². The maximum absolute atomic E-state index is 13.8. The molecule has 2 rings (SSSR count). The molecule has 2 aromatic rings. The second kappa shape index (κ2) is 5.66. The summed E-state index contributed by atoms with van der Waals surface area (Å²) in [6.07, 6.45) is 1.20. The van der Waals surface area contributed by atoms with Crippen LogP contribution in [0.15, 0.2) is 41.4 Å². The summed E-state index contributed by atoms with van der Waals surface area (Å²) < 4.78 is 40.0. The van der Waals surface area contributed by atoms with Gasteiger partial charge in [0, 0.05) is 6.20 Å². The van der Waals surface area contributed by atoms with E-state index < -0.39 is 32.4 Å². The Morgan fingerprint density at radius 3 is 2.67 bits per heavy atom. The molecular weight excluding hydrogens is 323 g/mol. The van der Waals surface area contributed by atoms with Crippen LogP contribution in [-0.4, -0.2) is 24.5 Å². The maximum Gasteiger partial charge on any atom is 0.356 e. The van der Waals surface area contributed by atoms with Crippen LogP contribution in [0.2, 0.25) is 5.02 Å². The molecule has 0 saturated carbocycles. The summed E-state index contributed by atoms with van der Waals surface area (Å²) in [5.74, 6) is -2.53. The van der Waals surface area contributed by atoms with Gasteiger partial charge in [0.25, 0.3) is 10.0 Å². The van der Waals surface area contributed by atoms with Gasteiger partial charge in [0.1, 0.15) is 4.90 Å². The van der Waals surface area contributed by atoms with E-state index in [-0.39, 0.29) is 10.7 Å². The fourth-order valence-corrected chi connectivity index (χ4v) is 2.95. The van der Waals surface area contributed by atoms with Crippen molar-refractivity contribution < 1.29 is 22.7 Å². The van der Waals surface area contributed by atoms with Crippen LogP contribution in [0.1, 0.15) is 10.5 Å². The summed E-state index contributed by atoms with van der Waals surface area (Å²) in [7, 11) is -4.34. The Balaban J connectivity index is 2.48. The lowest BCUT2D eigenvalue weighted by atomic mass is 10.3. The first-order valence-corrected chi connectivity index (χ1v) is 7.34. The lowest BCUT2D eigenvalue weighted by molar-refractivity contribution is 0.0692. The van der Waals surface area contributed by atoms with Crippen LogP contribution in [0.4, 0.5) is 10.1 Å². The Hall–Kier alpha value is -2.19. The highest BCUT2D eigenvalue weighted by atomic mass is 35.5. The number of anilines is 1. The van der Waals surface area contributed by atoms with E-state index in [1.807, 2.05) is 4.72 Å². The van der Waals surface area contributed by atoms with Gasteiger partial charge < -0.3 is 5.11 Å². The monoisotopic (exact) mass is 330 g/mol. The lowest BCUT2D eigenvalue weighted by Crippen LogP contribution is -2.17. The number of rotatable bonds is 4. The van der Waals surface area contributed by atoms with Crippen LogP contribution < -0.4 is 4.72 Å². The van der Waals surface area contributed by atoms with Crippen molar-refractivity contribution in [1.82, 2.24) is 4.98 Å². The van der Waals surface area contributed by atoms with Crippen LogP contribution in [0.3, 0.4) is 0 Å². The number of carbonyl (C=O) groups is 1. The van der Waals surface area contributed by atoms with Crippen molar-refractivity contribution in [2.75, 3.05) is 4.72 Å². The van der Waals surface area contributed by atoms with E-state index in [9.17, 15) is 17.6 Å². The van der Waals surface area contributed by atoms with Gasteiger partial charge in [-0.1, -0.05) is 17.7 Å². The number of hydrogen-bond acceptors (Lipinski definition) is 4. The molecule has 0 amide bonds. The van der Waals surface area contributed by atoms with Crippen molar-refractivity contribution in [3.05, 3.63) is 53.1 Å². The van der Waals surface area contributed by atoms with Crippen molar-refractivity contribution in [2.24, 2.45) is 0 Å². The highest BCUT2D eigenvalue weighted by Crippen LogP contribution is 2.24. The predicted octanol–water partition coefficient (Wildman–Crippen LogP) is 2.37. The zero-order valence-corrected chi connectivity index (χ0v) is 11.8. The van der Waals surface area contributed by atoms with Crippen molar-refractivity contribution >= 4 is 33.3 Å². The number of benzene rings is 1. The number of halogens is 2. The number of carboxylic acid groups (broad SMARTS) is 1. The summed E-state index contributed by atoms with van der Waals surface area (Å²) >= 11 is 5.53. The third kappa shape index (κ3) is 3.11. The molecule has 6 nitrogen and oxygen atoms in total. The minimum absolute atomic E-state index is 0.274. The lowest BCUT2D eigenvalue weighted by Gasteiger charge is -2.10. The summed E-state index contributed by atoms with van der Waals surface area (Å²) in [6.45, 7) is 0. The SMILES string of the molecule is O=C(O)c1ncccc1NS(=O)(=O)c1cccc(Cl)c1F. The second-order valence-corrected chi connectivity index (χ2v) is 5.92. The summed E-state index contributed by atoms with van der Waals surface area (Å²) in [6, 6.07) is 6.03. The molecule has 21 heavy (non-hydrogen) atoms. The zero-order valence-electron chi connectivity index (χ0n) is 10.2. The Labute approximate surface area is 124 Å². The van der Waals surface area contributed by atoms with Gasteiger partial charge in [0.15, 0.2) is 11.5 Å². The van der Waals surface area contributed by atoms with E-state index in [2.05, 4.69) is 4.98 Å². The topological polar surface area (TPSA) is 96.4 Å². The smallest absolute Gasteiger partial charge is 0.356 e. The average Bonchev–Trinajstić information content (AvgIpc) is 2.41. The predicted molar refractivity (Wildman–Crippen MR) is 73.4 cm³/mol. The molecule has 0 saturated heterocycles. The largest absolute Gasteiger partial charge is 0.476 e. The number of pyridine rings is 1. The second-order valence-electron chi connectivity index (χ2n) is 3.86. The molecule has 1 aromatic heterocycles. The number of aromatic nitrogens is 1. The molecule has 1 aromatic carbocycles. The molecule has 0 unspecified atom stereocenters. The molecule has 0 radical (unpaired) electrons. The zero-order chi connectivity index (χ0) is 15.6.